The van der Waals surface area contributed by atoms with Gasteiger partial charge in [-0.25, -0.2) is 14.5 Å². The first-order valence-electron chi connectivity index (χ1n) is 15.1. The van der Waals surface area contributed by atoms with Crippen molar-refractivity contribution in [2.45, 2.75) is 77.7 Å². The summed E-state index contributed by atoms with van der Waals surface area (Å²) in [6, 6.07) is 11.0. The highest BCUT2D eigenvalue weighted by Crippen LogP contribution is 2.34. The average molecular weight is 681 g/mol. The van der Waals surface area contributed by atoms with Crippen molar-refractivity contribution in [3.63, 3.8) is 0 Å². The van der Waals surface area contributed by atoms with E-state index in [4.69, 9.17) is 24.5 Å². The first-order chi connectivity index (χ1) is 20.9. The molecule has 1 saturated heterocycles. The van der Waals surface area contributed by atoms with Gasteiger partial charge in [0.1, 0.15) is 23.8 Å². The van der Waals surface area contributed by atoms with Crippen LogP contribution in [0.1, 0.15) is 33.6 Å². The van der Waals surface area contributed by atoms with E-state index < -0.39 is 19.8 Å². The number of ether oxygens (including phenoxy) is 2. The van der Waals surface area contributed by atoms with E-state index >= 15 is 0 Å². The molecule has 1 aliphatic heterocycles. The monoisotopic (exact) mass is 679 g/mol. The van der Waals surface area contributed by atoms with E-state index in [2.05, 4.69) is 56.8 Å². The Hall–Kier alpha value is -3.35. The number of carbonyl (C=O) groups is 1. The molecule has 5 heterocycles. The highest BCUT2D eigenvalue weighted by molar-refractivity contribution is 9.10. The van der Waals surface area contributed by atoms with E-state index in [1.807, 2.05) is 62.1 Å². The van der Waals surface area contributed by atoms with Crippen LogP contribution in [0.4, 0.5) is 10.6 Å². The number of nitrogens with zero attached hydrogens (tertiary/aromatic N) is 6. The molecule has 234 valence electrons. The minimum absolute atomic E-state index is 0.0441. The molecule has 0 aliphatic carbocycles. The quantitative estimate of drug-likeness (QED) is 0.147. The Labute approximate surface area is 268 Å². The summed E-state index contributed by atoms with van der Waals surface area (Å²) in [7, 11) is -1.22. The Kier molecular flexibility index (Phi) is 9.71. The van der Waals surface area contributed by atoms with Crippen molar-refractivity contribution < 1.29 is 14.3 Å². The highest BCUT2D eigenvalue weighted by atomic mass is 79.9. The number of alkyl carbamates (subject to hydrolysis) is 1. The lowest BCUT2D eigenvalue weighted by Crippen LogP contribution is -2.49. The molecule has 1 aliphatic rings. The number of rotatable bonds is 9. The number of hydrogen-bond acceptors (Lipinski definition) is 8. The highest BCUT2D eigenvalue weighted by Gasteiger charge is 2.27. The summed E-state index contributed by atoms with van der Waals surface area (Å²) >= 11 is 3.73. The van der Waals surface area contributed by atoms with Crippen molar-refractivity contribution in [3.8, 4) is 22.6 Å². The molecule has 0 bridgehead atoms. The maximum absolute atomic E-state index is 12.5. The van der Waals surface area contributed by atoms with Gasteiger partial charge in [0.15, 0.2) is 0 Å². The third kappa shape index (κ3) is 8.22. The first-order valence-corrected chi connectivity index (χ1v) is 19.6. The maximum Gasteiger partial charge on any atom is 0.407 e. The Morgan fingerprint density at radius 1 is 1.16 bits per heavy atom. The summed E-state index contributed by atoms with van der Waals surface area (Å²) in [5, 5.41) is 8.99. The third-order valence-electron chi connectivity index (χ3n) is 7.32. The van der Waals surface area contributed by atoms with Crippen LogP contribution in [0.2, 0.25) is 25.7 Å². The van der Waals surface area contributed by atoms with Crippen LogP contribution < -0.4 is 10.2 Å². The zero-order valence-electron chi connectivity index (χ0n) is 26.4. The largest absolute Gasteiger partial charge is 0.444 e. The summed E-state index contributed by atoms with van der Waals surface area (Å²) in [4.78, 5) is 28.8. The van der Waals surface area contributed by atoms with Crippen LogP contribution in [0.3, 0.4) is 0 Å². The molecule has 1 N–H and O–H groups in total. The maximum atomic E-state index is 12.5. The Morgan fingerprint density at radius 2 is 1.98 bits per heavy atom. The third-order valence-corrected chi connectivity index (χ3v) is 9.64. The van der Waals surface area contributed by atoms with E-state index in [0.717, 1.165) is 69.3 Å². The number of fused-ring (bicyclic) bond motifs is 1. The van der Waals surface area contributed by atoms with Gasteiger partial charge >= 0.3 is 6.09 Å². The van der Waals surface area contributed by atoms with E-state index in [1.165, 1.54) is 0 Å². The van der Waals surface area contributed by atoms with Gasteiger partial charge in [0, 0.05) is 57.2 Å². The molecule has 12 heteroatoms. The number of nitrogens with one attached hydrogen (secondary N) is 1. The zero-order valence-corrected chi connectivity index (χ0v) is 29.0. The van der Waals surface area contributed by atoms with E-state index in [-0.39, 0.29) is 6.04 Å². The number of hydrogen-bond donors (Lipinski definition) is 1. The van der Waals surface area contributed by atoms with Gasteiger partial charge in [-0.1, -0.05) is 19.6 Å². The normalized spacial score (nSPS) is 15.9. The number of pyridine rings is 3. The van der Waals surface area contributed by atoms with Gasteiger partial charge in [-0.05, 0) is 85.9 Å². The Morgan fingerprint density at radius 3 is 2.70 bits per heavy atom. The van der Waals surface area contributed by atoms with Crippen molar-refractivity contribution in [2.24, 2.45) is 0 Å². The van der Waals surface area contributed by atoms with Gasteiger partial charge in [-0.2, -0.15) is 5.10 Å². The molecule has 0 aromatic carbocycles. The van der Waals surface area contributed by atoms with E-state index in [0.29, 0.717) is 19.9 Å². The molecule has 10 nitrogen and oxygen atoms in total. The molecule has 4 aromatic heterocycles. The van der Waals surface area contributed by atoms with Crippen LogP contribution in [0.15, 0.2) is 53.4 Å². The van der Waals surface area contributed by atoms with Crippen molar-refractivity contribution in [3.05, 3.63) is 53.4 Å². The SMILES string of the molecule is CC(C)(C)OC(=O)N[C@H]1CCCN(c2nc(-c3nn(COCC[Si](C)(C)C)c4cnc(-c5cccnc5)cc34)ccc2Br)C1. The number of piperidine rings is 1. The smallest absolute Gasteiger partial charge is 0.407 e. The van der Waals surface area contributed by atoms with Gasteiger partial charge < -0.3 is 19.7 Å². The van der Waals surface area contributed by atoms with Crippen LogP contribution >= 0.6 is 15.9 Å². The van der Waals surface area contributed by atoms with Gasteiger partial charge in [0.2, 0.25) is 0 Å². The summed E-state index contributed by atoms with van der Waals surface area (Å²) in [5.41, 5.74) is 3.59. The van der Waals surface area contributed by atoms with Crippen molar-refractivity contribution in [1.82, 2.24) is 30.0 Å². The number of halogens is 1. The predicted octanol–water partition coefficient (Wildman–Crippen LogP) is 7.12. The van der Waals surface area contributed by atoms with Crippen LogP contribution in [0.25, 0.3) is 33.5 Å². The topological polar surface area (TPSA) is 107 Å². The number of anilines is 1. The van der Waals surface area contributed by atoms with Crippen LogP contribution in [-0.2, 0) is 16.2 Å². The number of carbonyl (C=O) groups excluding carboxylic acids is 1. The van der Waals surface area contributed by atoms with Crippen LogP contribution in [-0.4, -0.2) is 70.2 Å². The molecular weight excluding hydrogens is 638 g/mol. The molecule has 1 atom stereocenters. The number of amides is 1. The fraction of sp³-hybridized carbons (Fsp3) is 0.469. The average Bonchev–Trinajstić information content (AvgIpc) is 3.32. The van der Waals surface area contributed by atoms with Gasteiger partial charge in [-0.3, -0.25) is 9.97 Å². The van der Waals surface area contributed by atoms with E-state index in [1.54, 1.807) is 6.20 Å². The Balaban J connectivity index is 1.46. The molecule has 0 spiro atoms. The second-order valence-electron chi connectivity index (χ2n) is 13.5. The second kappa shape index (κ2) is 13.3. The van der Waals surface area contributed by atoms with Crippen molar-refractivity contribution in [1.29, 1.82) is 0 Å². The van der Waals surface area contributed by atoms with Gasteiger partial charge in [0.05, 0.1) is 27.6 Å². The van der Waals surface area contributed by atoms with Crippen LogP contribution in [0, 0.1) is 0 Å². The predicted molar refractivity (Wildman–Crippen MR) is 180 cm³/mol. The standard InChI is InChI=1S/C32H42BrN7O3Si/c1-32(2,3)43-31(41)36-23-10-8-14-39(20-23)30-25(33)11-12-26(37-30)29-24-17-27(22-9-7-13-34-18-22)35-19-28(24)40(38-29)21-42-15-16-44(4,5)6/h7,9,11-13,17-19,23H,8,10,14-16,20-21H2,1-6H3,(H,36,41)/t23-/m0/s1. The second-order valence-corrected chi connectivity index (χ2v) is 19.9. The van der Waals surface area contributed by atoms with Gasteiger partial charge in [0.25, 0.3) is 0 Å². The molecule has 44 heavy (non-hydrogen) atoms. The molecule has 1 fully saturated rings. The minimum Gasteiger partial charge on any atom is -0.444 e. The zero-order chi connectivity index (χ0) is 31.5. The van der Waals surface area contributed by atoms with Gasteiger partial charge in [-0.15, -0.1) is 0 Å². The summed E-state index contributed by atoms with van der Waals surface area (Å²) < 4.78 is 14.4. The van der Waals surface area contributed by atoms with Crippen molar-refractivity contribution in [2.75, 3.05) is 24.6 Å². The molecular formula is C32H42BrN7O3Si. The lowest BCUT2D eigenvalue weighted by Gasteiger charge is -2.35. The lowest BCUT2D eigenvalue weighted by molar-refractivity contribution is 0.0500. The summed E-state index contributed by atoms with van der Waals surface area (Å²) in [5.74, 6) is 0.814. The number of aromatic nitrogens is 5. The minimum atomic E-state index is -1.22. The molecule has 5 rings (SSSR count). The molecule has 1 amide bonds. The molecule has 0 saturated carbocycles. The summed E-state index contributed by atoms with van der Waals surface area (Å²) in [6.07, 6.45) is 6.83. The Bertz CT molecular complexity index is 1600. The van der Waals surface area contributed by atoms with Crippen molar-refractivity contribution >= 4 is 46.8 Å². The fourth-order valence-corrected chi connectivity index (χ4v) is 6.34. The summed E-state index contributed by atoms with van der Waals surface area (Å²) in [6.45, 7) is 15.1. The molecule has 0 radical (unpaired) electrons. The van der Waals surface area contributed by atoms with E-state index in [9.17, 15) is 4.79 Å². The molecule has 4 aromatic rings. The first kappa shape index (κ1) is 32.1. The fourth-order valence-electron chi connectivity index (χ4n) is 5.11. The van der Waals surface area contributed by atoms with Crippen LogP contribution in [0.5, 0.6) is 0 Å². The molecule has 0 unspecified atom stereocenters. The lowest BCUT2D eigenvalue weighted by atomic mass is 10.1.